The summed E-state index contributed by atoms with van der Waals surface area (Å²) < 4.78 is 19.2. The van der Waals surface area contributed by atoms with Crippen molar-refractivity contribution in [3.63, 3.8) is 0 Å². The smallest absolute Gasteiger partial charge is 0.152 e. The van der Waals surface area contributed by atoms with Crippen molar-refractivity contribution in [1.29, 1.82) is 5.41 Å². The molecule has 1 aliphatic carbocycles. The van der Waals surface area contributed by atoms with E-state index >= 15 is 0 Å². The molecule has 0 radical (unpaired) electrons. The van der Waals surface area contributed by atoms with Crippen molar-refractivity contribution in [2.45, 2.75) is 19.3 Å². The highest BCUT2D eigenvalue weighted by atomic mass is 19.1. The molecular formula is C13H16FN3O. The van der Waals surface area contributed by atoms with Crippen LogP contribution in [-0.2, 0) is 0 Å². The Balaban J connectivity index is 1.98. The summed E-state index contributed by atoms with van der Waals surface area (Å²) in [5.41, 5.74) is 0.189. The van der Waals surface area contributed by atoms with Crippen LogP contribution in [0.25, 0.3) is 0 Å². The van der Waals surface area contributed by atoms with Crippen molar-refractivity contribution >= 4 is 18.7 Å². The number of benzene rings is 1. The lowest BCUT2D eigenvalue weighted by Crippen LogP contribution is -2.13. The van der Waals surface area contributed by atoms with Crippen LogP contribution >= 0.6 is 0 Å². The van der Waals surface area contributed by atoms with Gasteiger partial charge in [-0.25, -0.2) is 9.40 Å². The first-order chi connectivity index (χ1) is 8.74. The zero-order valence-electron chi connectivity index (χ0n) is 10.1. The van der Waals surface area contributed by atoms with Crippen molar-refractivity contribution in [1.82, 2.24) is 0 Å². The Morgan fingerprint density at radius 2 is 2.33 bits per heavy atom. The Morgan fingerprint density at radius 3 is 2.89 bits per heavy atom. The lowest BCUT2D eigenvalue weighted by Gasteiger charge is -2.13. The summed E-state index contributed by atoms with van der Waals surface area (Å²) in [4.78, 5) is 0. The van der Waals surface area contributed by atoms with Gasteiger partial charge in [-0.1, -0.05) is 12.8 Å². The zero-order valence-corrected chi connectivity index (χ0v) is 10.1. The molecule has 0 atom stereocenters. The molecule has 0 unspecified atom stereocenters. The summed E-state index contributed by atoms with van der Waals surface area (Å²) in [7, 11) is 0. The van der Waals surface area contributed by atoms with Crippen LogP contribution in [0.5, 0.6) is 5.75 Å². The number of hydrazone groups is 1. The van der Waals surface area contributed by atoms with Gasteiger partial charge in [0.1, 0.15) is 17.8 Å². The van der Waals surface area contributed by atoms with Crippen molar-refractivity contribution < 1.29 is 9.13 Å². The Bertz CT molecular complexity index is 438. The first-order valence-electron chi connectivity index (χ1n) is 5.93. The number of rotatable bonds is 7. The molecule has 0 amide bonds. The van der Waals surface area contributed by atoms with Crippen LogP contribution in [0.2, 0.25) is 0 Å². The van der Waals surface area contributed by atoms with Crippen LogP contribution in [0.1, 0.15) is 19.3 Å². The lowest BCUT2D eigenvalue weighted by atomic mass is 10.2. The maximum Gasteiger partial charge on any atom is 0.152 e. The minimum Gasteiger partial charge on any atom is -0.493 e. The Morgan fingerprint density at radius 1 is 1.56 bits per heavy atom. The molecule has 5 heteroatoms. The molecule has 0 saturated heterocycles. The first-order valence-corrected chi connectivity index (χ1v) is 5.93. The molecule has 1 N–H and O–H groups in total. The molecule has 2 rings (SSSR count). The van der Waals surface area contributed by atoms with Crippen molar-refractivity contribution in [3.8, 4) is 5.75 Å². The molecule has 0 aromatic heterocycles. The van der Waals surface area contributed by atoms with Crippen LogP contribution in [-0.4, -0.2) is 19.7 Å². The van der Waals surface area contributed by atoms with Gasteiger partial charge in [0.25, 0.3) is 0 Å². The van der Waals surface area contributed by atoms with Crippen LogP contribution in [0.15, 0.2) is 23.3 Å². The number of hydrogen-bond acceptors (Lipinski definition) is 3. The van der Waals surface area contributed by atoms with E-state index in [4.69, 9.17) is 10.1 Å². The van der Waals surface area contributed by atoms with Gasteiger partial charge in [-0.3, -0.25) is 5.41 Å². The van der Waals surface area contributed by atoms with Gasteiger partial charge in [0, 0.05) is 12.8 Å². The standard InChI is InChI=1S/C13H16FN3O/c1-16-17(9-15)13-5-4-11(8-12(13)14)18-7-6-10-2-3-10/h4-5,8-10,15H,1-3,6-7H2. The molecule has 1 aliphatic rings. The van der Waals surface area contributed by atoms with Gasteiger partial charge in [-0.05, 0) is 24.5 Å². The molecule has 18 heavy (non-hydrogen) atoms. The summed E-state index contributed by atoms with van der Waals surface area (Å²) in [6.07, 6.45) is 4.51. The predicted octanol–water partition coefficient (Wildman–Crippen LogP) is 3.03. The summed E-state index contributed by atoms with van der Waals surface area (Å²) in [5, 5.41) is 11.7. The van der Waals surface area contributed by atoms with E-state index in [1.807, 2.05) is 0 Å². The largest absolute Gasteiger partial charge is 0.493 e. The molecule has 4 nitrogen and oxygen atoms in total. The van der Waals surface area contributed by atoms with Crippen molar-refractivity contribution in [3.05, 3.63) is 24.0 Å². The fourth-order valence-corrected chi connectivity index (χ4v) is 1.70. The minimum absolute atomic E-state index is 0.189. The number of anilines is 1. The Hall–Kier alpha value is -1.91. The van der Waals surface area contributed by atoms with Crippen LogP contribution in [0, 0.1) is 17.1 Å². The summed E-state index contributed by atoms with van der Waals surface area (Å²) in [5.74, 6) is 0.827. The van der Waals surface area contributed by atoms with E-state index in [2.05, 4.69) is 11.8 Å². The summed E-state index contributed by atoms with van der Waals surface area (Å²) in [6.45, 7) is 3.90. The van der Waals surface area contributed by atoms with Crippen LogP contribution in [0.3, 0.4) is 0 Å². The van der Waals surface area contributed by atoms with E-state index in [9.17, 15) is 4.39 Å². The van der Waals surface area contributed by atoms with E-state index in [1.165, 1.54) is 25.0 Å². The van der Waals surface area contributed by atoms with E-state index in [-0.39, 0.29) is 5.69 Å². The number of hydrogen-bond donors (Lipinski definition) is 1. The Kier molecular flexibility index (Phi) is 3.92. The fraction of sp³-hybridized carbons (Fsp3) is 0.385. The van der Waals surface area contributed by atoms with Crippen LogP contribution in [0.4, 0.5) is 10.1 Å². The van der Waals surface area contributed by atoms with Crippen molar-refractivity contribution in [2.75, 3.05) is 11.6 Å². The predicted molar refractivity (Wildman–Crippen MR) is 70.0 cm³/mol. The number of nitrogens with zero attached hydrogens (tertiary/aromatic N) is 2. The maximum absolute atomic E-state index is 13.8. The number of nitrogens with one attached hydrogen (secondary N) is 1. The van der Waals surface area contributed by atoms with Gasteiger partial charge in [0.2, 0.25) is 0 Å². The second-order valence-corrected chi connectivity index (χ2v) is 4.31. The molecule has 0 aliphatic heterocycles. The third-order valence-corrected chi connectivity index (χ3v) is 2.93. The van der Waals surface area contributed by atoms with Gasteiger partial charge in [-0.2, -0.15) is 5.10 Å². The third kappa shape index (κ3) is 3.06. The maximum atomic E-state index is 13.8. The molecule has 0 heterocycles. The molecule has 1 fully saturated rings. The van der Waals surface area contributed by atoms with Gasteiger partial charge >= 0.3 is 0 Å². The quantitative estimate of drug-likeness (QED) is 0.458. The average molecular weight is 249 g/mol. The number of ether oxygens (including phenoxy) is 1. The van der Waals surface area contributed by atoms with E-state index in [0.29, 0.717) is 12.4 Å². The van der Waals surface area contributed by atoms with E-state index in [1.54, 1.807) is 6.07 Å². The highest BCUT2D eigenvalue weighted by molar-refractivity contribution is 5.77. The van der Waals surface area contributed by atoms with E-state index in [0.717, 1.165) is 23.7 Å². The van der Waals surface area contributed by atoms with E-state index < -0.39 is 5.82 Å². The fourth-order valence-electron chi connectivity index (χ4n) is 1.70. The SMILES string of the molecule is C=NN(C=N)c1ccc(OCCC2CC2)cc1F. The molecular weight excluding hydrogens is 233 g/mol. The molecule has 0 spiro atoms. The molecule has 0 bridgehead atoms. The first kappa shape index (κ1) is 12.5. The summed E-state index contributed by atoms with van der Waals surface area (Å²) >= 11 is 0. The Labute approximate surface area is 106 Å². The average Bonchev–Trinajstić information content (AvgIpc) is 3.17. The topological polar surface area (TPSA) is 48.7 Å². The van der Waals surface area contributed by atoms with Gasteiger partial charge in [-0.15, -0.1) is 0 Å². The van der Waals surface area contributed by atoms with Gasteiger partial charge in [0.05, 0.1) is 6.61 Å². The molecule has 1 aromatic rings. The van der Waals surface area contributed by atoms with Gasteiger partial charge in [0.15, 0.2) is 5.82 Å². The van der Waals surface area contributed by atoms with Crippen molar-refractivity contribution in [2.24, 2.45) is 11.0 Å². The number of halogens is 1. The second kappa shape index (κ2) is 5.62. The zero-order chi connectivity index (χ0) is 13.0. The normalized spacial score (nSPS) is 14.1. The van der Waals surface area contributed by atoms with Crippen LogP contribution < -0.4 is 9.75 Å². The lowest BCUT2D eigenvalue weighted by molar-refractivity contribution is 0.301. The minimum atomic E-state index is -0.477. The monoisotopic (exact) mass is 249 g/mol. The highest BCUT2D eigenvalue weighted by Gasteiger charge is 2.20. The molecule has 96 valence electrons. The highest BCUT2D eigenvalue weighted by Crippen LogP contribution is 2.32. The second-order valence-electron chi connectivity index (χ2n) is 4.31. The van der Waals surface area contributed by atoms with Gasteiger partial charge < -0.3 is 4.74 Å². The summed E-state index contributed by atoms with van der Waals surface area (Å²) in [6, 6.07) is 4.51. The molecule has 1 saturated carbocycles. The third-order valence-electron chi connectivity index (χ3n) is 2.93. The molecule has 1 aromatic carbocycles.